The number of nitrogens with zero attached hydrogens (tertiary/aromatic N) is 1. The second-order valence-corrected chi connectivity index (χ2v) is 5.87. The SMILES string of the molecule is COc1ccc2c3c1OC1CC(=O)C=C(CN(C)C2)C31. The average molecular weight is 271 g/mol. The van der Waals surface area contributed by atoms with Gasteiger partial charge in [-0.2, -0.15) is 0 Å². The third kappa shape index (κ3) is 1.54. The summed E-state index contributed by atoms with van der Waals surface area (Å²) in [6, 6.07) is 4.09. The van der Waals surface area contributed by atoms with Crippen molar-refractivity contribution in [3.63, 3.8) is 0 Å². The fourth-order valence-electron chi connectivity index (χ4n) is 3.73. The van der Waals surface area contributed by atoms with Gasteiger partial charge in [-0.05, 0) is 30.3 Å². The van der Waals surface area contributed by atoms with Crippen molar-refractivity contribution in [3.8, 4) is 11.5 Å². The maximum Gasteiger partial charge on any atom is 0.165 e. The third-order valence-corrected chi connectivity index (χ3v) is 4.46. The summed E-state index contributed by atoms with van der Waals surface area (Å²) in [6.45, 7) is 1.71. The number of ketones is 1. The predicted molar refractivity (Wildman–Crippen MR) is 74.2 cm³/mol. The Labute approximate surface area is 118 Å². The topological polar surface area (TPSA) is 38.8 Å². The lowest BCUT2D eigenvalue weighted by molar-refractivity contribution is -0.116. The van der Waals surface area contributed by atoms with Gasteiger partial charge in [0.1, 0.15) is 6.10 Å². The minimum Gasteiger partial charge on any atom is -0.493 e. The first-order valence-electron chi connectivity index (χ1n) is 6.95. The van der Waals surface area contributed by atoms with E-state index in [2.05, 4.69) is 18.0 Å². The van der Waals surface area contributed by atoms with Crippen LogP contribution in [0.3, 0.4) is 0 Å². The summed E-state index contributed by atoms with van der Waals surface area (Å²) in [7, 11) is 3.75. The number of allylic oxidation sites excluding steroid dienone is 1. The van der Waals surface area contributed by atoms with Crippen LogP contribution in [0.4, 0.5) is 0 Å². The maximum absolute atomic E-state index is 11.9. The van der Waals surface area contributed by atoms with Crippen LogP contribution in [0, 0.1) is 0 Å². The van der Waals surface area contributed by atoms with Gasteiger partial charge < -0.3 is 9.47 Å². The first kappa shape index (κ1) is 12.0. The second kappa shape index (κ2) is 4.09. The zero-order valence-corrected chi connectivity index (χ0v) is 11.7. The van der Waals surface area contributed by atoms with E-state index in [1.54, 1.807) is 7.11 Å². The summed E-state index contributed by atoms with van der Waals surface area (Å²) in [6.07, 6.45) is 2.24. The molecule has 1 aromatic carbocycles. The van der Waals surface area contributed by atoms with E-state index in [4.69, 9.17) is 9.47 Å². The maximum atomic E-state index is 11.9. The van der Waals surface area contributed by atoms with E-state index in [0.717, 1.165) is 24.6 Å². The van der Waals surface area contributed by atoms with E-state index < -0.39 is 0 Å². The highest BCUT2D eigenvalue weighted by Crippen LogP contribution is 2.52. The third-order valence-electron chi connectivity index (χ3n) is 4.46. The number of rotatable bonds is 1. The van der Waals surface area contributed by atoms with Crippen LogP contribution in [0.15, 0.2) is 23.8 Å². The van der Waals surface area contributed by atoms with E-state index >= 15 is 0 Å². The molecule has 4 rings (SSSR count). The highest BCUT2D eigenvalue weighted by atomic mass is 16.5. The zero-order valence-electron chi connectivity index (χ0n) is 11.7. The van der Waals surface area contributed by atoms with Crippen LogP contribution in [-0.4, -0.2) is 37.5 Å². The fourth-order valence-corrected chi connectivity index (χ4v) is 3.73. The normalized spacial score (nSPS) is 27.5. The van der Waals surface area contributed by atoms with E-state index in [9.17, 15) is 4.79 Å². The summed E-state index contributed by atoms with van der Waals surface area (Å²) < 4.78 is 11.5. The molecule has 2 atom stereocenters. The summed E-state index contributed by atoms with van der Waals surface area (Å²) in [5.74, 6) is 2.01. The van der Waals surface area contributed by atoms with E-state index in [1.165, 1.54) is 16.7 Å². The van der Waals surface area contributed by atoms with E-state index in [-0.39, 0.29) is 17.8 Å². The molecule has 0 amide bonds. The summed E-state index contributed by atoms with van der Waals surface area (Å²) in [5, 5.41) is 0. The standard InChI is InChI=1S/C16H17NO3/c1-17-7-9-3-4-12(19-2)16-15(9)14-10(8-17)5-11(18)6-13(14)20-16/h3-5,13-14H,6-8H2,1-2H3. The lowest BCUT2D eigenvalue weighted by atomic mass is 9.80. The molecule has 0 spiro atoms. The Bertz CT molecular complexity index is 635. The number of benzene rings is 1. The fraction of sp³-hybridized carbons (Fsp3) is 0.438. The number of carbonyl (C=O) groups excluding carboxylic acids is 1. The van der Waals surface area contributed by atoms with Crippen LogP contribution in [0.5, 0.6) is 11.5 Å². The molecule has 0 saturated heterocycles. The van der Waals surface area contributed by atoms with E-state index in [1.807, 2.05) is 12.1 Å². The Morgan fingerprint density at radius 3 is 3.00 bits per heavy atom. The highest BCUT2D eigenvalue weighted by Gasteiger charge is 2.44. The Hall–Kier alpha value is -1.81. The summed E-state index contributed by atoms with van der Waals surface area (Å²) in [5.41, 5.74) is 3.70. The van der Waals surface area contributed by atoms with Crippen molar-refractivity contribution in [1.82, 2.24) is 4.90 Å². The molecule has 1 aromatic rings. The quantitative estimate of drug-likeness (QED) is 0.782. The van der Waals surface area contributed by atoms with Gasteiger partial charge in [-0.1, -0.05) is 6.07 Å². The molecule has 4 nitrogen and oxygen atoms in total. The Kier molecular flexibility index (Phi) is 2.45. The van der Waals surface area contributed by atoms with Gasteiger partial charge in [-0.3, -0.25) is 9.69 Å². The molecule has 2 unspecified atom stereocenters. The van der Waals surface area contributed by atoms with Crippen LogP contribution in [0.25, 0.3) is 0 Å². The first-order valence-corrected chi connectivity index (χ1v) is 6.95. The zero-order chi connectivity index (χ0) is 13.9. The summed E-state index contributed by atoms with van der Waals surface area (Å²) in [4.78, 5) is 14.2. The van der Waals surface area contributed by atoms with Gasteiger partial charge in [0, 0.05) is 31.0 Å². The van der Waals surface area contributed by atoms with Crippen molar-refractivity contribution in [3.05, 3.63) is 34.9 Å². The first-order chi connectivity index (χ1) is 9.67. The number of methoxy groups -OCH3 is 1. The average Bonchev–Trinajstić information content (AvgIpc) is 2.70. The van der Waals surface area contributed by atoms with Crippen molar-refractivity contribution in [2.24, 2.45) is 0 Å². The Morgan fingerprint density at radius 1 is 1.35 bits per heavy atom. The number of likely N-dealkylation sites (N-methyl/N-ethyl adjacent to an activating group) is 1. The van der Waals surface area contributed by atoms with Gasteiger partial charge in [0.15, 0.2) is 17.3 Å². The molecule has 0 fully saturated rings. The van der Waals surface area contributed by atoms with Crippen LogP contribution in [-0.2, 0) is 11.3 Å². The largest absolute Gasteiger partial charge is 0.493 e. The van der Waals surface area contributed by atoms with Crippen LogP contribution >= 0.6 is 0 Å². The minimum absolute atomic E-state index is 0.0564. The molecule has 3 aliphatic rings. The van der Waals surface area contributed by atoms with Gasteiger partial charge in [0.05, 0.1) is 7.11 Å². The predicted octanol–water partition coefficient (Wildman–Crippen LogP) is 1.88. The Balaban J connectivity index is 1.96. The minimum atomic E-state index is -0.0564. The van der Waals surface area contributed by atoms with Crippen molar-refractivity contribution in [2.75, 3.05) is 20.7 Å². The molecule has 2 aliphatic heterocycles. The molecular formula is C16H17NO3. The highest BCUT2D eigenvalue weighted by molar-refractivity contribution is 5.93. The van der Waals surface area contributed by atoms with Crippen LogP contribution < -0.4 is 9.47 Å². The van der Waals surface area contributed by atoms with Gasteiger partial charge in [-0.25, -0.2) is 0 Å². The molecule has 4 heteroatoms. The molecule has 0 radical (unpaired) electrons. The molecule has 0 aromatic heterocycles. The molecule has 20 heavy (non-hydrogen) atoms. The van der Waals surface area contributed by atoms with Gasteiger partial charge >= 0.3 is 0 Å². The van der Waals surface area contributed by atoms with Crippen LogP contribution in [0.1, 0.15) is 23.5 Å². The van der Waals surface area contributed by atoms with Crippen LogP contribution in [0.2, 0.25) is 0 Å². The number of carbonyl (C=O) groups is 1. The molecular weight excluding hydrogens is 254 g/mol. The number of hydrogen-bond acceptors (Lipinski definition) is 4. The van der Waals surface area contributed by atoms with Gasteiger partial charge in [-0.15, -0.1) is 0 Å². The smallest absolute Gasteiger partial charge is 0.165 e. The second-order valence-electron chi connectivity index (χ2n) is 5.87. The Morgan fingerprint density at radius 2 is 2.20 bits per heavy atom. The van der Waals surface area contributed by atoms with Crippen molar-refractivity contribution >= 4 is 5.78 Å². The summed E-state index contributed by atoms with van der Waals surface area (Å²) >= 11 is 0. The van der Waals surface area contributed by atoms with Crippen molar-refractivity contribution < 1.29 is 14.3 Å². The van der Waals surface area contributed by atoms with Gasteiger partial charge in [0.25, 0.3) is 0 Å². The molecule has 104 valence electrons. The van der Waals surface area contributed by atoms with Crippen molar-refractivity contribution in [2.45, 2.75) is 25.0 Å². The molecule has 2 heterocycles. The van der Waals surface area contributed by atoms with Crippen molar-refractivity contribution in [1.29, 1.82) is 0 Å². The number of ether oxygens (including phenoxy) is 2. The number of hydrogen-bond donors (Lipinski definition) is 0. The van der Waals surface area contributed by atoms with Gasteiger partial charge in [0.2, 0.25) is 0 Å². The monoisotopic (exact) mass is 271 g/mol. The molecule has 1 aliphatic carbocycles. The molecule has 0 bridgehead atoms. The molecule has 0 saturated carbocycles. The van der Waals surface area contributed by atoms with E-state index in [0.29, 0.717) is 6.42 Å². The lowest BCUT2D eigenvalue weighted by Gasteiger charge is -2.25. The lowest BCUT2D eigenvalue weighted by Crippen LogP contribution is -2.31. The molecule has 0 N–H and O–H groups in total.